The number of carbonyl (C=O) groups excluding carboxylic acids is 1. The van der Waals surface area contributed by atoms with Crippen molar-refractivity contribution < 1.29 is 9.53 Å². The Kier molecular flexibility index (Phi) is 1.49. The van der Waals surface area contributed by atoms with Gasteiger partial charge >= 0.3 is 0 Å². The van der Waals surface area contributed by atoms with Gasteiger partial charge in [0.25, 0.3) is 0 Å². The van der Waals surface area contributed by atoms with E-state index in [1.54, 1.807) is 0 Å². The molecule has 2 aliphatic rings. The van der Waals surface area contributed by atoms with Crippen molar-refractivity contribution in [2.75, 3.05) is 6.61 Å². The Balaban J connectivity index is 2.03. The van der Waals surface area contributed by atoms with E-state index in [-0.39, 0.29) is 0 Å². The van der Waals surface area contributed by atoms with E-state index in [0.717, 1.165) is 19.4 Å². The molecule has 0 N–H and O–H groups in total. The fourth-order valence-electron chi connectivity index (χ4n) is 1.92. The van der Waals surface area contributed by atoms with Crippen molar-refractivity contribution in [3.63, 3.8) is 0 Å². The first-order valence-electron chi connectivity index (χ1n) is 3.99. The Morgan fingerprint density at radius 1 is 1.40 bits per heavy atom. The van der Waals surface area contributed by atoms with Crippen molar-refractivity contribution in [2.24, 2.45) is 5.92 Å². The minimum absolute atomic E-state index is 0.293. The van der Waals surface area contributed by atoms with Crippen molar-refractivity contribution in [1.29, 1.82) is 0 Å². The molecule has 0 unspecified atom stereocenters. The summed E-state index contributed by atoms with van der Waals surface area (Å²) in [6, 6.07) is 0. The lowest BCUT2D eigenvalue weighted by molar-refractivity contribution is -0.124. The summed E-state index contributed by atoms with van der Waals surface area (Å²) in [6.07, 6.45) is 4.03. The van der Waals surface area contributed by atoms with E-state index in [4.69, 9.17) is 4.74 Å². The molecule has 2 atom stereocenters. The molecule has 1 saturated heterocycles. The number of carbonyl (C=O) groups is 1. The summed E-state index contributed by atoms with van der Waals surface area (Å²) in [6.45, 7) is 0.878. The van der Waals surface area contributed by atoms with Crippen LogP contribution in [0.25, 0.3) is 0 Å². The van der Waals surface area contributed by atoms with Crippen LogP contribution in [0.15, 0.2) is 0 Å². The van der Waals surface area contributed by atoms with Crippen LogP contribution in [0.3, 0.4) is 0 Å². The lowest BCUT2D eigenvalue weighted by Gasteiger charge is -2.22. The van der Waals surface area contributed by atoms with E-state index < -0.39 is 0 Å². The van der Waals surface area contributed by atoms with Crippen molar-refractivity contribution in [2.45, 2.75) is 31.8 Å². The summed E-state index contributed by atoms with van der Waals surface area (Å²) >= 11 is 0. The number of Topliss-reactive ketones (excluding diaryl/α,β-unsaturated/α-hetero) is 1. The van der Waals surface area contributed by atoms with E-state index >= 15 is 0 Å². The lowest BCUT2D eigenvalue weighted by Crippen LogP contribution is -2.25. The number of ether oxygens (including phenoxy) is 1. The first kappa shape index (κ1) is 6.35. The maximum absolute atomic E-state index is 10.9. The normalized spacial score (nSPS) is 39.8. The van der Waals surface area contributed by atoms with Gasteiger partial charge in [-0.2, -0.15) is 0 Å². The molecule has 1 heterocycles. The highest BCUT2D eigenvalue weighted by atomic mass is 16.5. The molecule has 0 aromatic heterocycles. The van der Waals surface area contributed by atoms with Gasteiger partial charge in [0.2, 0.25) is 0 Å². The van der Waals surface area contributed by atoms with Gasteiger partial charge in [0.1, 0.15) is 5.78 Å². The van der Waals surface area contributed by atoms with Crippen LogP contribution in [0.2, 0.25) is 0 Å². The molecule has 10 heavy (non-hydrogen) atoms. The molecule has 0 bridgehead atoms. The zero-order valence-corrected chi connectivity index (χ0v) is 6.01. The van der Waals surface area contributed by atoms with Gasteiger partial charge in [0, 0.05) is 19.4 Å². The van der Waals surface area contributed by atoms with Crippen LogP contribution in [0.1, 0.15) is 25.7 Å². The second kappa shape index (κ2) is 2.35. The largest absolute Gasteiger partial charge is 0.377 e. The molecule has 2 heteroatoms. The third-order valence-corrected chi connectivity index (χ3v) is 2.57. The molecule has 2 fully saturated rings. The highest BCUT2D eigenvalue weighted by molar-refractivity contribution is 5.79. The van der Waals surface area contributed by atoms with Crippen LogP contribution in [0, 0.1) is 5.92 Å². The number of hydrogen-bond donors (Lipinski definition) is 0. The maximum Gasteiger partial charge on any atom is 0.135 e. The van der Waals surface area contributed by atoms with Gasteiger partial charge in [-0.3, -0.25) is 4.79 Å². The van der Waals surface area contributed by atoms with Gasteiger partial charge in [-0.15, -0.1) is 0 Å². The summed E-state index contributed by atoms with van der Waals surface area (Å²) in [4.78, 5) is 10.9. The van der Waals surface area contributed by atoms with Crippen molar-refractivity contribution in [3.05, 3.63) is 0 Å². The average molecular weight is 140 g/mol. The molecular weight excluding hydrogens is 128 g/mol. The quantitative estimate of drug-likeness (QED) is 0.504. The molecule has 0 amide bonds. The van der Waals surface area contributed by atoms with E-state index in [0.29, 0.717) is 24.2 Å². The topological polar surface area (TPSA) is 26.3 Å². The predicted octanol–water partition coefficient (Wildman–Crippen LogP) is 1.14. The highest BCUT2D eigenvalue weighted by Gasteiger charge is 2.33. The fraction of sp³-hybridized carbons (Fsp3) is 0.875. The number of hydrogen-bond acceptors (Lipinski definition) is 2. The summed E-state index contributed by atoms with van der Waals surface area (Å²) in [5, 5.41) is 0. The van der Waals surface area contributed by atoms with Gasteiger partial charge in [-0.05, 0) is 18.8 Å². The standard InChI is InChI=1S/C8H12O2/c9-7-2-1-6-3-4-10-8(6)5-7/h6,8H,1-5H2/t6-,8-/m0/s1. The summed E-state index contributed by atoms with van der Waals surface area (Å²) in [5.74, 6) is 1.10. The minimum Gasteiger partial charge on any atom is -0.377 e. The molecule has 2 nitrogen and oxygen atoms in total. The Morgan fingerprint density at radius 2 is 2.30 bits per heavy atom. The van der Waals surface area contributed by atoms with Crippen LogP contribution in [0.5, 0.6) is 0 Å². The van der Waals surface area contributed by atoms with E-state index in [9.17, 15) is 4.79 Å². The maximum atomic E-state index is 10.9. The van der Waals surface area contributed by atoms with Gasteiger partial charge in [-0.1, -0.05) is 0 Å². The number of rotatable bonds is 0. The third kappa shape index (κ3) is 0.966. The smallest absolute Gasteiger partial charge is 0.135 e. The third-order valence-electron chi connectivity index (χ3n) is 2.57. The minimum atomic E-state index is 0.293. The first-order chi connectivity index (χ1) is 4.86. The Bertz CT molecular complexity index is 153. The van der Waals surface area contributed by atoms with Crippen LogP contribution in [-0.4, -0.2) is 18.5 Å². The fourth-order valence-corrected chi connectivity index (χ4v) is 1.92. The molecule has 0 aromatic rings. The van der Waals surface area contributed by atoms with Gasteiger partial charge in [-0.25, -0.2) is 0 Å². The Hall–Kier alpha value is -0.370. The molecular formula is C8H12O2. The van der Waals surface area contributed by atoms with Crippen LogP contribution in [-0.2, 0) is 9.53 Å². The van der Waals surface area contributed by atoms with Gasteiger partial charge in [0.15, 0.2) is 0 Å². The second-order valence-corrected chi connectivity index (χ2v) is 3.24. The summed E-state index contributed by atoms with van der Waals surface area (Å²) in [7, 11) is 0. The molecule has 2 rings (SSSR count). The molecule has 0 aromatic carbocycles. The Morgan fingerprint density at radius 3 is 3.20 bits per heavy atom. The van der Waals surface area contributed by atoms with Crippen molar-refractivity contribution in [3.8, 4) is 0 Å². The van der Waals surface area contributed by atoms with Gasteiger partial charge in [0.05, 0.1) is 6.10 Å². The van der Waals surface area contributed by atoms with Crippen LogP contribution >= 0.6 is 0 Å². The van der Waals surface area contributed by atoms with Crippen molar-refractivity contribution >= 4 is 5.78 Å². The van der Waals surface area contributed by atoms with Crippen LogP contribution < -0.4 is 0 Å². The predicted molar refractivity (Wildman–Crippen MR) is 36.7 cm³/mol. The lowest BCUT2D eigenvalue weighted by atomic mass is 9.86. The molecule has 1 aliphatic heterocycles. The highest BCUT2D eigenvalue weighted by Crippen LogP contribution is 2.32. The van der Waals surface area contributed by atoms with Crippen LogP contribution in [0.4, 0.5) is 0 Å². The molecule has 56 valence electrons. The summed E-state index contributed by atoms with van der Waals surface area (Å²) < 4.78 is 5.41. The zero-order chi connectivity index (χ0) is 6.97. The monoisotopic (exact) mass is 140 g/mol. The van der Waals surface area contributed by atoms with E-state index in [2.05, 4.69) is 0 Å². The molecule has 1 aliphatic carbocycles. The SMILES string of the molecule is O=C1CC[C@H]2CCO[C@H]2C1. The van der Waals surface area contributed by atoms with Crippen molar-refractivity contribution in [1.82, 2.24) is 0 Å². The van der Waals surface area contributed by atoms with E-state index in [1.807, 2.05) is 0 Å². The first-order valence-corrected chi connectivity index (χ1v) is 3.99. The molecule has 0 spiro atoms. The second-order valence-electron chi connectivity index (χ2n) is 3.24. The zero-order valence-electron chi connectivity index (χ0n) is 6.01. The number of fused-ring (bicyclic) bond motifs is 1. The summed E-state index contributed by atoms with van der Waals surface area (Å²) in [5.41, 5.74) is 0. The Labute approximate surface area is 60.6 Å². The molecule has 0 radical (unpaired) electrons. The molecule has 1 saturated carbocycles. The van der Waals surface area contributed by atoms with Gasteiger partial charge < -0.3 is 4.74 Å². The van der Waals surface area contributed by atoms with E-state index in [1.165, 1.54) is 6.42 Å². The number of ketones is 1. The average Bonchev–Trinajstić information content (AvgIpc) is 2.33.